The van der Waals surface area contributed by atoms with Gasteiger partial charge < -0.3 is 9.64 Å². The maximum absolute atomic E-state index is 6.50. The molecular formula is C34H43N3O2. The SMILES string of the molecule is C/C=C\C(=C/C)C(c1cc(C2=CCOCC2)cnc1CC)C(CCN(C)C)(ON)c1cccc2ccccc12. The number of rotatable bonds is 11. The highest BCUT2D eigenvalue weighted by Crippen LogP contribution is 2.50. The van der Waals surface area contributed by atoms with Crippen LogP contribution in [0.1, 0.15) is 61.9 Å². The highest BCUT2D eigenvalue weighted by molar-refractivity contribution is 5.87. The molecule has 0 bridgehead atoms. The minimum Gasteiger partial charge on any atom is -0.377 e. The van der Waals surface area contributed by atoms with Crippen molar-refractivity contribution in [1.82, 2.24) is 9.88 Å². The van der Waals surface area contributed by atoms with E-state index in [2.05, 4.69) is 113 Å². The highest BCUT2D eigenvalue weighted by Gasteiger charge is 2.45. The van der Waals surface area contributed by atoms with E-state index < -0.39 is 5.60 Å². The molecule has 0 saturated carbocycles. The van der Waals surface area contributed by atoms with Crippen LogP contribution < -0.4 is 5.90 Å². The van der Waals surface area contributed by atoms with Gasteiger partial charge in [-0.2, -0.15) is 0 Å². The topological polar surface area (TPSA) is 60.6 Å². The van der Waals surface area contributed by atoms with Gasteiger partial charge in [-0.15, -0.1) is 0 Å². The van der Waals surface area contributed by atoms with Crippen LogP contribution >= 0.6 is 0 Å². The van der Waals surface area contributed by atoms with Crippen molar-refractivity contribution in [1.29, 1.82) is 0 Å². The van der Waals surface area contributed by atoms with E-state index in [0.29, 0.717) is 13.0 Å². The van der Waals surface area contributed by atoms with Gasteiger partial charge in [0.05, 0.1) is 13.2 Å². The molecule has 2 N–H and O–H groups in total. The summed E-state index contributed by atoms with van der Waals surface area (Å²) in [4.78, 5) is 13.6. The van der Waals surface area contributed by atoms with Gasteiger partial charge in [-0.1, -0.05) is 73.7 Å². The van der Waals surface area contributed by atoms with Crippen molar-refractivity contribution in [2.45, 2.75) is 51.6 Å². The first-order valence-corrected chi connectivity index (χ1v) is 14.0. The molecule has 0 fully saturated rings. The number of allylic oxidation sites excluding steroid dienone is 3. The average Bonchev–Trinajstić information content (AvgIpc) is 2.98. The van der Waals surface area contributed by atoms with Crippen LogP contribution in [-0.2, 0) is 21.6 Å². The van der Waals surface area contributed by atoms with Crippen molar-refractivity contribution in [3.05, 3.63) is 107 Å². The van der Waals surface area contributed by atoms with Crippen molar-refractivity contribution in [2.24, 2.45) is 5.90 Å². The fraction of sp³-hybridized carbons (Fsp3) is 0.382. The summed E-state index contributed by atoms with van der Waals surface area (Å²) in [5.74, 6) is 6.32. The molecule has 2 aromatic carbocycles. The highest BCUT2D eigenvalue weighted by atomic mass is 16.6. The van der Waals surface area contributed by atoms with Crippen LogP contribution in [0.2, 0.25) is 0 Å². The number of hydrogen-bond donors (Lipinski definition) is 1. The van der Waals surface area contributed by atoms with Crippen LogP contribution in [0.3, 0.4) is 0 Å². The Kier molecular flexibility index (Phi) is 9.87. The number of benzene rings is 2. The van der Waals surface area contributed by atoms with Gasteiger partial charge in [-0.3, -0.25) is 9.82 Å². The Bertz CT molecular complexity index is 1350. The Balaban J connectivity index is 2.07. The van der Waals surface area contributed by atoms with Gasteiger partial charge in [0.2, 0.25) is 0 Å². The fourth-order valence-corrected chi connectivity index (χ4v) is 5.88. The molecule has 0 spiro atoms. The number of nitrogens with two attached hydrogens (primary N) is 1. The number of aryl methyl sites for hydroxylation is 1. The molecule has 206 valence electrons. The molecule has 2 atom stereocenters. The Labute approximate surface area is 234 Å². The normalized spacial score (nSPS) is 17.0. The fourth-order valence-electron chi connectivity index (χ4n) is 5.88. The van der Waals surface area contributed by atoms with Gasteiger partial charge in [-0.05, 0) is 91.9 Å². The van der Waals surface area contributed by atoms with Crippen LogP contribution in [0.5, 0.6) is 0 Å². The van der Waals surface area contributed by atoms with E-state index in [1.807, 2.05) is 6.20 Å². The second-order valence-corrected chi connectivity index (χ2v) is 10.5. The zero-order valence-electron chi connectivity index (χ0n) is 24.1. The number of nitrogens with zero attached hydrogens (tertiary/aromatic N) is 2. The molecule has 5 heteroatoms. The quantitative estimate of drug-likeness (QED) is 0.217. The maximum atomic E-state index is 6.50. The molecular weight excluding hydrogens is 482 g/mol. The third kappa shape index (κ3) is 6.07. The lowest BCUT2D eigenvalue weighted by molar-refractivity contribution is -0.0747. The second kappa shape index (κ2) is 13.3. The predicted octanol–water partition coefficient (Wildman–Crippen LogP) is 6.94. The van der Waals surface area contributed by atoms with Gasteiger partial charge in [-0.25, -0.2) is 5.90 Å². The average molecular weight is 526 g/mol. The lowest BCUT2D eigenvalue weighted by Crippen LogP contribution is -2.43. The summed E-state index contributed by atoms with van der Waals surface area (Å²) < 4.78 is 5.60. The maximum Gasteiger partial charge on any atom is 0.127 e. The van der Waals surface area contributed by atoms with Crippen molar-refractivity contribution in [3.8, 4) is 0 Å². The van der Waals surface area contributed by atoms with Gasteiger partial charge in [0.25, 0.3) is 0 Å². The zero-order chi connectivity index (χ0) is 27.8. The van der Waals surface area contributed by atoms with Crippen LogP contribution in [0.4, 0.5) is 0 Å². The molecule has 0 radical (unpaired) electrons. The van der Waals surface area contributed by atoms with E-state index in [0.717, 1.165) is 59.3 Å². The number of fused-ring (bicyclic) bond motifs is 1. The minimum absolute atomic E-state index is 0.183. The molecule has 5 nitrogen and oxygen atoms in total. The second-order valence-electron chi connectivity index (χ2n) is 10.5. The first-order valence-electron chi connectivity index (χ1n) is 14.0. The largest absolute Gasteiger partial charge is 0.377 e. The molecule has 4 rings (SSSR count). The standard InChI is InChI=1S/C34H43N3O2/c1-6-12-25(7-2)33(30-23-28(24-36-32(30)8-3)26-17-21-38-22-18-26)34(39-35,19-20-37(4)5)31-16-11-14-27-13-9-10-15-29(27)31/h6-7,9-17,23-24,33H,8,18-22,35H2,1-5H3/b12-6-,25-7+. The van der Waals surface area contributed by atoms with Crippen molar-refractivity contribution >= 4 is 16.3 Å². The molecule has 3 aromatic rings. The summed E-state index contributed by atoms with van der Waals surface area (Å²) in [5.41, 5.74) is 6.05. The molecule has 0 saturated heterocycles. The lowest BCUT2D eigenvalue weighted by Gasteiger charge is -2.42. The Morgan fingerprint density at radius 2 is 1.97 bits per heavy atom. The molecule has 39 heavy (non-hydrogen) atoms. The summed E-state index contributed by atoms with van der Waals surface area (Å²) in [6.45, 7) is 8.50. The third-order valence-corrected chi connectivity index (χ3v) is 7.86. The van der Waals surface area contributed by atoms with Gasteiger partial charge in [0.1, 0.15) is 5.60 Å². The smallest absolute Gasteiger partial charge is 0.127 e. The van der Waals surface area contributed by atoms with Crippen LogP contribution in [0.15, 0.2) is 84.6 Å². The van der Waals surface area contributed by atoms with Crippen LogP contribution in [0.25, 0.3) is 16.3 Å². The van der Waals surface area contributed by atoms with Crippen molar-refractivity contribution in [2.75, 3.05) is 33.9 Å². The molecule has 2 heterocycles. The first-order chi connectivity index (χ1) is 19.0. The Hall–Kier alpha value is -3.09. The lowest BCUT2D eigenvalue weighted by atomic mass is 9.69. The Morgan fingerprint density at radius 1 is 1.18 bits per heavy atom. The van der Waals surface area contributed by atoms with E-state index in [4.69, 9.17) is 20.5 Å². The van der Waals surface area contributed by atoms with E-state index in [9.17, 15) is 0 Å². The zero-order valence-corrected chi connectivity index (χ0v) is 24.1. The summed E-state index contributed by atoms with van der Waals surface area (Å²) in [5, 5.41) is 2.32. The third-order valence-electron chi connectivity index (χ3n) is 7.86. The van der Waals surface area contributed by atoms with Crippen molar-refractivity contribution in [3.63, 3.8) is 0 Å². The molecule has 1 aliphatic rings. The monoisotopic (exact) mass is 525 g/mol. The van der Waals surface area contributed by atoms with Gasteiger partial charge >= 0.3 is 0 Å². The van der Waals surface area contributed by atoms with E-state index in [1.165, 1.54) is 11.0 Å². The predicted molar refractivity (Wildman–Crippen MR) is 162 cm³/mol. The van der Waals surface area contributed by atoms with E-state index in [-0.39, 0.29) is 5.92 Å². The van der Waals surface area contributed by atoms with E-state index in [1.54, 1.807) is 0 Å². The molecule has 0 aliphatic carbocycles. The van der Waals surface area contributed by atoms with Crippen molar-refractivity contribution < 1.29 is 9.57 Å². The Morgan fingerprint density at radius 3 is 2.64 bits per heavy atom. The summed E-state index contributed by atoms with van der Waals surface area (Å²) in [6.07, 6.45) is 13.1. The first kappa shape index (κ1) is 28.9. The van der Waals surface area contributed by atoms with Gasteiger partial charge in [0, 0.05) is 24.4 Å². The van der Waals surface area contributed by atoms with Gasteiger partial charge in [0.15, 0.2) is 0 Å². The van der Waals surface area contributed by atoms with Crippen LogP contribution in [0, 0.1) is 0 Å². The molecule has 2 unspecified atom stereocenters. The van der Waals surface area contributed by atoms with E-state index >= 15 is 0 Å². The number of aromatic nitrogens is 1. The van der Waals surface area contributed by atoms with Crippen LogP contribution in [-0.4, -0.2) is 43.7 Å². The minimum atomic E-state index is -0.846. The number of pyridine rings is 1. The summed E-state index contributed by atoms with van der Waals surface area (Å²) >= 11 is 0. The molecule has 0 amide bonds. The molecule has 1 aromatic heterocycles. The number of ether oxygens (including phenoxy) is 1. The summed E-state index contributed by atoms with van der Waals surface area (Å²) in [6, 6.07) is 17.3. The number of hydrogen-bond acceptors (Lipinski definition) is 5. The molecule has 1 aliphatic heterocycles. The summed E-state index contributed by atoms with van der Waals surface area (Å²) in [7, 11) is 4.19.